The third kappa shape index (κ3) is 3.22. The van der Waals surface area contributed by atoms with Gasteiger partial charge >= 0.3 is 5.97 Å². The van der Waals surface area contributed by atoms with E-state index in [1.807, 2.05) is 6.07 Å². The zero-order valence-corrected chi connectivity index (χ0v) is 10.7. The number of anilines is 1. The molecule has 1 aromatic heterocycles. The van der Waals surface area contributed by atoms with Crippen LogP contribution in [0.15, 0.2) is 18.5 Å². The number of carboxylic acid groups (broad SMARTS) is 1. The second-order valence-electron chi connectivity index (χ2n) is 4.89. The second-order valence-corrected chi connectivity index (χ2v) is 4.89. The lowest BCUT2D eigenvalue weighted by atomic mass is 9.83. The molecule has 2 N–H and O–H groups in total. The van der Waals surface area contributed by atoms with Crippen molar-refractivity contribution in [3.05, 3.63) is 24.0 Å². The van der Waals surface area contributed by atoms with Crippen LogP contribution >= 0.6 is 0 Å². The van der Waals surface area contributed by atoms with Crippen molar-refractivity contribution >= 4 is 11.7 Å². The van der Waals surface area contributed by atoms with Gasteiger partial charge in [-0.1, -0.05) is 19.3 Å². The molecule has 5 nitrogen and oxygen atoms in total. The Bertz CT molecular complexity index is 490. The largest absolute Gasteiger partial charge is 0.480 e. The quantitative estimate of drug-likeness (QED) is 0.867. The molecule has 0 spiro atoms. The van der Waals surface area contributed by atoms with Gasteiger partial charge in [-0.15, -0.1) is 0 Å². The van der Waals surface area contributed by atoms with Crippen molar-refractivity contribution in [2.24, 2.45) is 5.92 Å². The number of aromatic nitrogens is 1. The average molecular weight is 259 g/mol. The molecule has 0 radical (unpaired) electrons. The van der Waals surface area contributed by atoms with E-state index in [4.69, 9.17) is 5.26 Å². The average Bonchev–Trinajstić information content (AvgIpc) is 2.45. The lowest BCUT2D eigenvalue weighted by Crippen LogP contribution is -2.38. The van der Waals surface area contributed by atoms with E-state index in [2.05, 4.69) is 10.3 Å². The molecular weight excluding hydrogens is 242 g/mol. The highest BCUT2D eigenvalue weighted by atomic mass is 16.4. The van der Waals surface area contributed by atoms with E-state index in [0.29, 0.717) is 11.3 Å². The number of nitrogens with one attached hydrogen (secondary N) is 1. The lowest BCUT2D eigenvalue weighted by Gasteiger charge is -2.28. The summed E-state index contributed by atoms with van der Waals surface area (Å²) in [7, 11) is 0. The predicted molar refractivity (Wildman–Crippen MR) is 70.6 cm³/mol. The predicted octanol–water partition coefficient (Wildman–Crippen LogP) is 2.40. The van der Waals surface area contributed by atoms with Crippen molar-refractivity contribution in [1.82, 2.24) is 4.98 Å². The van der Waals surface area contributed by atoms with Crippen molar-refractivity contribution in [2.75, 3.05) is 5.32 Å². The van der Waals surface area contributed by atoms with E-state index < -0.39 is 12.0 Å². The molecule has 0 bridgehead atoms. The Morgan fingerprint density at radius 1 is 1.47 bits per heavy atom. The number of carboxylic acids is 1. The molecule has 5 heteroatoms. The molecule has 100 valence electrons. The molecule has 19 heavy (non-hydrogen) atoms. The van der Waals surface area contributed by atoms with E-state index >= 15 is 0 Å². The fraction of sp³-hybridized carbons (Fsp3) is 0.500. The van der Waals surface area contributed by atoms with Crippen LogP contribution in [0.2, 0.25) is 0 Å². The summed E-state index contributed by atoms with van der Waals surface area (Å²) in [6, 6.07) is 2.99. The molecule has 2 rings (SSSR count). The number of hydrogen-bond donors (Lipinski definition) is 2. The number of aliphatic carboxylic acids is 1. The minimum absolute atomic E-state index is 0.123. The van der Waals surface area contributed by atoms with Crippen LogP contribution in [0.4, 0.5) is 5.69 Å². The van der Waals surface area contributed by atoms with Crippen molar-refractivity contribution < 1.29 is 9.90 Å². The Hall–Kier alpha value is -2.09. The van der Waals surface area contributed by atoms with Crippen LogP contribution in [0.1, 0.15) is 37.7 Å². The zero-order chi connectivity index (χ0) is 13.7. The maximum absolute atomic E-state index is 11.4. The van der Waals surface area contributed by atoms with E-state index in [0.717, 1.165) is 25.7 Å². The Morgan fingerprint density at radius 3 is 2.84 bits per heavy atom. The van der Waals surface area contributed by atoms with Crippen LogP contribution in [0, 0.1) is 17.2 Å². The minimum Gasteiger partial charge on any atom is -0.480 e. The molecule has 0 saturated heterocycles. The Morgan fingerprint density at radius 2 is 2.21 bits per heavy atom. The highest BCUT2D eigenvalue weighted by molar-refractivity contribution is 5.78. The standard InChI is InChI=1S/C14H17N3O2/c15-8-11-6-7-16-9-12(11)17-13(14(18)19)10-4-2-1-3-5-10/h6-7,9-10,13,17H,1-5H2,(H,18,19). The van der Waals surface area contributed by atoms with Gasteiger partial charge < -0.3 is 10.4 Å². The van der Waals surface area contributed by atoms with Crippen LogP contribution < -0.4 is 5.32 Å². The topological polar surface area (TPSA) is 86.0 Å². The molecular formula is C14H17N3O2. The van der Waals surface area contributed by atoms with Gasteiger partial charge in [0.2, 0.25) is 0 Å². The minimum atomic E-state index is -0.861. The molecule has 1 fully saturated rings. The zero-order valence-electron chi connectivity index (χ0n) is 10.7. The second kappa shape index (κ2) is 6.19. The summed E-state index contributed by atoms with van der Waals surface area (Å²) >= 11 is 0. The van der Waals surface area contributed by atoms with Crippen LogP contribution in [-0.2, 0) is 4.79 Å². The maximum atomic E-state index is 11.4. The summed E-state index contributed by atoms with van der Waals surface area (Å²) in [5.74, 6) is -0.738. The van der Waals surface area contributed by atoms with Crippen molar-refractivity contribution in [3.8, 4) is 6.07 Å². The van der Waals surface area contributed by atoms with E-state index in [1.54, 1.807) is 6.07 Å². The fourth-order valence-electron chi connectivity index (χ4n) is 2.62. The smallest absolute Gasteiger partial charge is 0.326 e. The lowest BCUT2D eigenvalue weighted by molar-refractivity contribution is -0.139. The summed E-state index contributed by atoms with van der Waals surface area (Å²) < 4.78 is 0. The van der Waals surface area contributed by atoms with Crippen molar-refractivity contribution in [2.45, 2.75) is 38.1 Å². The highest BCUT2D eigenvalue weighted by Crippen LogP contribution is 2.28. The van der Waals surface area contributed by atoms with Crippen LogP contribution in [0.3, 0.4) is 0 Å². The fourth-order valence-corrected chi connectivity index (χ4v) is 2.62. The van der Waals surface area contributed by atoms with Gasteiger partial charge in [-0.2, -0.15) is 5.26 Å². The maximum Gasteiger partial charge on any atom is 0.326 e. The summed E-state index contributed by atoms with van der Waals surface area (Å²) in [4.78, 5) is 15.4. The Kier molecular flexibility index (Phi) is 4.35. The van der Waals surface area contributed by atoms with Crippen LogP contribution in [-0.4, -0.2) is 22.1 Å². The van der Waals surface area contributed by atoms with Gasteiger partial charge in [0, 0.05) is 6.20 Å². The number of nitrogens with zero attached hydrogens (tertiary/aromatic N) is 2. The first-order valence-electron chi connectivity index (χ1n) is 6.56. The number of nitriles is 1. The molecule has 1 aromatic rings. The molecule has 1 atom stereocenters. The highest BCUT2D eigenvalue weighted by Gasteiger charge is 2.29. The first-order chi connectivity index (χ1) is 9.22. The summed E-state index contributed by atoms with van der Waals surface area (Å²) in [6.07, 6.45) is 8.22. The van der Waals surface area contributed by atoms with E-state index in [9.17, 15) is 9.90 Å². The van der Waals surface area contributed by atoms with Gasteiger partial charge in [-0.25, -0.2) is 4.79 Å². The molecule has 1 heterocycles. The Balaban J connectivity index is 2.16. The van der Waals surface area contributed by atoms with Gasteiger partial charge in [0.15, 0.2) is 0 Å². The van der Waals surface area contributed by atoms with Crippen molar-refractivity contribution in [1.29, 1.82) is 5.26 Å². The third-order valence-corrected chi connectivity index (χ3v) is 3.64. The first kappa shape index (κ1) is 13.3. The van der Waals surface area contributed by atoms with Gasteiger partial charge in [-0.3, -0.25) is 4.98 Å². The van der Waals surface area contributed by atoms with Gasteiger partial charge in [-0.05, 0) is 24.8 Å². The summed E-state index contributed by atoms with van der Waals surface area (Å²) in [5, 5.41) is 21.4. The molecule has 1 saturated carbocycles. The molecule has 0 aliphatic heterocycles. The monoisotopic (exact) mass is 259 g/mol. The Labute approximate surface area is 112 Å². The molecule has 1 aliphatic rings. The summed E-state index contributed by atoms with van der Waals surface area (Å²) in [6.45, 7) is 0. The number of carbonyl (C=O) groups is 1. The van der Waals surface area contributed by atoms with Gasteiger partial charge in [0.05, 0.1) is 17.4 Å². The van der Waals surface area contributed by atoms with Crippen molar-refractivity contribution in [3.63, 3.8) is 0 Å². The number of pyridine rings is 1. The van der Waals surface area contributed by atoms with Gasteiger partial charge in [0.25, 0.3) is 0 Å². The van der Waals surface area contributed by atoms with E-state index in [1.165, 1.54) is 18.8 Å². The SMILES string of the molecule is N#Cc1ccncc1NC(C(=O)O)C1CCCCC1. The van der Waals surface area contributed by atoms with E-state index in [-0.39, 0.29) is 5.92 Å². The number of hydrogen-bond acceptors (Lipinski definition) is 4. The first-order valence-corrected chi connectivity index (χ1v) is 6.56. The normalized spacial score (nSPS) is 17.4. The molecule has 0 aromatic carbocycles. The third-order valence-electron chi connectivity index (χ3n) is 3.64. The van der Waals surface area contributed by atoms with Crippen LogP contribution in [0.25, 0.3) is 0 Å². The molecule has 0 amide bonds. The molecule has 1 unspecified atom stereocenters. The van der Waals surface area contributed by atoms with Gasteiger partial charge in [0.1, 0.15) is 12.1 Å². The van der Waals surface area contributed by atoms with Crippen LogP contribution in [0.5, 0.6) is 0 Å². The number of rotatable bonds is 4. The summed E-state index contributed by atoms with van der Waals surface area (Å²) in [5.41, 5.74) is 0.931. The molecule has 1 aliphatic carbocycles.